The van der Waals surface area contributed by atoms with Gasteiger partial charge in [-0.05, 0) is 18.5 Å². The third-order valence-corrected chi connectivity index (χ3v) is 2.35. The molecule has 0 aromatic rings. The Labute approximate surface area is 88.4 Å². The van der Waals surface area contributed by atoms with Crippen LogP contribution < -0.4 is 5.32 Å². The van der Waals surface area contributed by atoms with Crippen molar-refractivity contribution in [3.05, 3.63) is 11.6 Å². The lowest BCUT2D eigenvalue weighted by atomic mass is 10.1. The zero-order chi connectivity index (χ0) is 11.3. The van der Waals surface area contributed by atoms with Gasteiger partial charge in [0, 0.05) is 12.1 Å². The first kappa shape index (κ1) is 11.7. The summed E-state index contributed by atoms with van der Waals surface area (Å²) in [5, 5.41) is 3.12. The Morgan fingerprint density at radius 3 is 2.80 bits per heavy atom. The third kappa shape index (κ3) is 3.36. The van der Waals surface area contributed by atoms with Crippen molar-refractivity contribution in [3.63, 3.8) is 0 Å². The van der Waals surface area contributed by atoms with E-state index in [-0.39, 0.29) is 24.4 Å². The number of carbonyl (C=O) groups excluding carboxylic acids is 2. The van der Waals surface area contributed by atoms with Crippen LogP contribution in [0.25, 0.3) is 0 Å². The van der Waals surface area contributed by atoms with Crippen LogP contribution in [0.2, 0.25) is 0 Å². The highest BCUT2D eigenvalue weighted by Gasteiger charge is 2.24. The van der Waals surface area contributed by atoms with E-state index >= 15 is 0 Å². The van der Waals surface area contributed by atoms with Gasteiger partial charge >= 0.3 is 11.9 Å². The summed E-state index contributed by atoms with van der Waals surface area (Å²) in [7, 11) is 2.68. The van der Waals surface area contributed by atoms with Crippen molar-refractivity contribution in [3.8, 4) is 0 Å². The fourth-order valence-electron chi connectivity index (χ4n) is 1.53. The van der Waals surface area contributed by atoms with Gasteiger partial charge in [0.05, 0.1) is 20.6 Å². The molecule has 0 radical (unpaired) electrons. The molecule has 1 N–H and O–H groups in total. The van der Waals surface area contributed by atoms with E-state index in [9.17, 15) is 9.59 Å². The molecule has 0 saturated carbocycles. The fraction of sp³-hybridized carbons (Fsp3) is 0.600. The first-order valence-corrected chi connectivity index (χ1v) is 4.76. The van der Waals surface area contributed by atoms with Gasteiger partial charge in [0.1, 0.15) is 0 Å². The molecular weight excluding hydrogens is 198 g/mol. The second-order valence-electron chi connectivity index (χ2n) is 3.28. The van der Waals surface area contributed by atoms with Crippen molar-refractivity contribution < 1.29 is 19.1 Å². The van der Waals surface area contributed by atoms with Crippen LogP contribution >= 0.6 is 0 Å². The van der Waals surface area contributed by atoms with Crippen LogP contribution in [0.4, 0.5) is 0 Å². The van der Waals surface area contributed by atoms with Gasteiger partial charge in [-0.3, -0.25) is 4.79 Å². The minimum absolute atomic E-state index is 0.100. The van der Waals surface area contributed by atoms with Crippen LogP contribution in [0, 0.1) is 0 Å². The molecule has 1 rings (SSSR count). The minimum atomic E-state index is -0.386. The third-order valence-electron chi connectivity index (χ3n) is 2.35. The summed E-state index contributed by atoms with van der Waals surface area (Å²) in [5.74, 6) is -0.672. The Kier molecular flexibility index (Phi) is 4.30. The molecule has 0 bridgehead atoms. The topological polar surface area (TPSA) is 64.6 Å². The number of hydrogen-bond donors (Lipinski definition) is 1. The molecule has 5 nitrogen and oxygen atoms in total. The molecule has 15 heavy (non-hydrogen) atoms. The minimum Gasteiger partial charge on any atom is -0.469 e. The molecule has 1 fully saturated rings. The van der Waals surface area contributed by atoms with Gasteiger partial charge in [-0.1, -0.05) is 0 Å². The lowest BCUT2D eigenvalue weighted by Gasteiger charge is -2.10. The average Bonchev–Trinajstić information content (AvgIpc) is 2.65. The summed E-state index contributed by atoms with van der Waals surface area (Å²) >= 11 is 0. The Morgan fingerprint density at radius 1 is 1.47 bits per heavy atom. The van der Waals surface area contributed by atoms with E-state index in [1.165, 1.54) is 20.3 Å². The van der Waals surface area contributed by atoms with Crippen molar-refractivity contribution >= 4 is 11.9 Å². The standard InChI is InChI=1S/C10H15NO4/c1-14-9(12)5-7-3-4-11-8(7)6-10(13)15-2/h5,8,11H,3-4,6H2,1-2H3/b7-5+. The van der Waals surface area contributed by atoms with Gasteiger partial charge in [0.2, 0.25) is 0 Å². The van der Waals surface area contributed by atoms with Crippen molar-refractivity contribution in [2.45, 2.75) is 18.9 Å². The second kappa shape index (κ2) is 5.50. The second-order valence-corrected chi connectivity index (χ2v) is 3.28. The van der Waals surface area contributed by atoms with Crippen molar-refractivity contribution in [1.29, 1.82) is 0 Å². The molecule has 1 unspecified atom stereocenters. The average molecular weight is 213 g/mol. The van der Waals surface area contributed by atoms with Crippen LogP contribution in [-0.4, -0.2) is 38.7 Å². The van der Waals surface area contributed by atoms with E-state index in [0.29, 0.717) is 0 Å². The Morgan fingerprint density at radius 2 is 2.20 bits per heavy atom. The van der Waals surface area contributed by atoms with E-state index < -0.39 is 0 Å². The summed E-state index contributed by atoms with van der Waals surface area (Å²) < 4.78 is 9.10. The normalized spacial score (nSPS) is 22.8. The number of methoxy groups -OCH3 is 2. The molecule has 5 heteroatoms. The summed E-state index contributed by atoms with van der Waals surface area (Å²) in [5.41, 5.74) is 0.896. The Bertz CT molecular complexity index is 285. The van der Waals surface area contributed by atoms with E-state index in [0.717, 1.165) is 18.5 Å². The summed E-state index contributed by atoms with van der Waals surface area (Å²) in [6.07, 6.45) is 2.45. The Hall–Kier alpha value is -1.36. The number of esters is 2. The highest BCUT2D eigenvalue weighted by molar-refractivity contribution is 5.83. The zero-order valence-corrected chi connectivity index (χ0v) is 8.91. The predicted molar refractivity (Wildman–Crippen MR) is 53.1 cm³/mol. The SMILES string of the molecule is COC(=O)/C=C1\CCNC1CC(=O)OC. The van der Waals surface area contributed by atoms with Crippen LogP contribution in [0.1, 0.15) is 12.8 Å². The largest absolute Gasteiger partial charge is 0.469 e. The molecule has 1 aliphatic rings. The lowest BCUT2D eigenvalue weighted by Crippen LogP contribution is -2.26. The molecule has 0 aromatic carbocycles. The summed E-state index contributed by atoms with van der Waals surface area (Å²) in [6, 6.07) is -0.100. The molecule has 0 amide bonds. The number of carbonyl (C=O) groups is 2. The Balaban J connectivity index is 2.60. The van der Waals surface area contributed by atoms with Gasteiger partial charge in [0.25, 0.3) is 0 Å². The first-order valence-electron chi connectivity index (χ1n) is 4.76. The molecule has 0 aliphatic carbocycles. The molecule has 1 heterocycles. The van der Waals surface area contributed by atoms with Crippen molar-refractivity contribution in [2.75, 3.05) is 20.8 Å². The van der Waals surface area contributed by atoms with Crippen LogP contribution in [0.15, 0.2) is 11.6 Å². The van der Waals surface area contributed by atoms with E-state index in [1.54, 1.807) is 0 Å². The van der Waals surface area contributed by atoms with Crippen molar-refractivity contribution in [1.82, 2.24) is 5.32 Å². The molecule has 1 atom stereocenters. The smallest absolute Gasteiger partial charge is 0.330 e. The van der Waals surface area contributed by atoms with Gasteiger partial charge in [-0.25, -0.2) is 4.79 Å². The van der Waals surface area contributed by atoms with Gasteiger partial charge in [0.15, 0.2) is 0 Å². The zero-order valence-electron chi connectivity index (χ0n) is 8.91. The molecule has 0 spiro atoms. The number of hydrogen-bond acceptors (Lipinski definition) is 5. The highest BCUT2D eigenvalue weighted by Crippen LogP contribution is 2.17. The van der Waals surface area contributed by atoms with Gasteiger partial charge in [-0.2, -0.15) is 0 Å². The summed E-state index contributed by atoms with van der Waals surface area (Å²) in [6.45, 7) is 0.768. The monoisotopic (exact) mass is 213 g/mol. The van der Waals surface area contributed by atoms with Gasteiger partial charge in [-0.15, -0.1) is 0 Å². The first-order chi connectivity index (χ1) is 7.17. The van der Waals surface area contributed by atoms with E-state index in [2.05, 4.69) is 14.8 Å². The van der Waals surface area contributed by atoms with Crippen LogP contribution in [0.3, 0.4) is 0 Å². The maximum atomic E-state index is 11.1. The summed E-state index contributed by atoms with van der Waals surface area (Å²) in [4.78, 5) is 22.1. The maximum absolute atomic E-state index is 11.1. The van der Waals surface area contributed by atoms with Crippen LogP contribution in [0.5, 0.6) is 0 Å². The number of ether oxygens (including phenoxy) is 2. The number of rotatable bonds is 3. The van der Waals surface area contributed by atoms with Crippen LogP contribution in [-0.2, 0) is 19.1 Å². The van der Waals surface area contributed by atoms with Crippen molar-refractivity contribution in [2.24, 2.45) is 0 Å². The number of nitrogens with one attached hydrogen (secondary N) is 1. The fourth-order valence-corrected chi connectivity index (χ4v) is 1.53. The quantitative estimate of drug-likeness (QED) is 0.528. The molecular formula is C10H15NO4. The van der Waals surface area contributed by atoms with E-state index in [1.807, 2.05) is 0 Å². The van der Waals surface area contributed by atoms with Gasteiger partial charge < -0.3 is 14.8 Å². The lowest BCUT2D eigenvalue weighted by molar-refractivity contribution is -0.141. The molecule has 1 saturated heterocycles. The highest BCUT2D eigenvalue weighted by atomic mass is 16.5. The molecule has 0 aromatic heterocycles. The maximum Gasteiger partial charge on any atom is 0.330 e. The molecule has 1 aliphatic heterocycles. The van der Waals surface area contributed by atoms with E-state index in [4.69, 9.17) is 0 Å². The molecule has 84 valence electrons. The predicted octanol–water partition coefficient (Wildman–Crippen LogP) is 0.0108.